The normalized spacial score (nSPS) is 14.6. The van der Waals surface area contributed by atoms with Crippen LogP contribution in [0.3, 0.4) is 0 Å². The van der Waals surface area contributed by atoms with Crippen LogP contribution in [0.1, 0.15) is 44.9 Å². The highest BCUT2D eigenvalue weighted by molar-refractivity contribution is 5.68. The predicted octanol–water partition coefficient (Wildman–Crippen LogP) is 3.94. The number of nitro groups is 1. The fraction of sp³-hybridized carbons (Fsp3) is 0.533. The summed E-state index contributed by atoms with van der Waals surface area (Å²) < 4.78 is 42.9. The molecule has 0 aliphatic carbocycles. The molecule has 9 heteroatoms. The van der Waals surface area contributed by atoms with Crippen molar-refractivity contribution in [3.63, 3.8) is 0 Å². The molecule has 0 heterocycles. The Bertz CT molecular complexity index is 594. The molecule has 6 nitrogen and oxygen atoms in total. The van der Waals surface area contributed by atoms with E-state index in [-0.39, 0.29) is 5.56 Å². The van der Waals surface area contributed by atoms with E-state index in [1.54, 1.807) is 20.8 Å². The van der Waals surface area contributed by atoms with Crippen molar-refractivity contribution < 1.29 is 27.6 Å². The number of hydrogen-bond donors (Lipinski definition) is 1. The lowest BCUT2D eigenvalue weighted by Crippen LogP contribution is -2.41. The molecule has 0 aliphatic heterocycles. The molecule has 1 aromatic carbocycles. The summed E-state index contributed by atoms with van der Waals surface area (Å²) in [4.78, 5) is 22.3. The van der Waals surface area contributed by atoms with Gasteiger partial charge in [-0.25, -0.2) is 4.79 Å². The zero-order valence-corrected chi connectivity index (χ0v) is 13.7. The lowest BCUT2D eigenvalue weighted by molar-refractivity contribution is -0.523. The van der Waals surface area contributed by atoms with Gasteiger partial charge >= 0.3 is 12.3 Å². The number of rotatable bonds is 4. The molecule has 2 atom stereocenters. The molecule has 1 aromatic rings. The van der Waals surface area contributed by atoms with Crippen LogP contribution in [0.15, 0.2) is 24.3 Å². The van der Waals surface area contributed by atoms with Crippen molar-refractivity contribution in [2.75, 3.05) is 0 Å². The second-order valence-corrected chi connectivity index (χ2v) is 6.27. The molecule has 0 unspecified atom stereocenters. The van der Waals surface area contributed by atoms with Crippen LogP contribution >= 0.6 is 0 Å². The van der Waals surface area contributed by atoms with Crippen molar-refractivity contribution in [3.05, 3.63) is 45.5 Å². The zero-order valence-electron chi connectivity index (χ0n) is 13.7. The van der Waals surface area contributed by atoms with Crippen molar-refractivity contribution in [2.45, 2.75) is 51.6 Å². The molecule has 1 N–H and O–H groups in total. The molecule has 0 radical (unpaired) electrons. The summed E-state index contributed by atoms with van der Waals surface area (Å²) >= 11 is 0. The maximum Gasteiger partial charge on any atom is 0.416 e. The highest BCUT2D eigenvalue weighted by Crippen LogP contribution is 2.30. The highest BCUT2D eigenvalue weighted by Gasteiger charge is 2.33. The Balaban J connectivity index is 3.06. The average Bonchev–Trinajstić information content (AvgIpc) is 2.41. The van der Waals surface area contributed by atoms with E-state index in [1.165, 1.54) is 6.92 Å². The number of halogens is 3. The molecular formula is C15H19F3N2O4. The molecule has 0 saturated heterocycles. The van der Waals surface area contributed by atoms with Gasteiger partial charge in [-0.05, 0) is 38.5 Å². The van der Waals surface area contributed by atoms with Crippen LogP contribution in [-0.4, -0.2) is 22.7 Å². The first kappa shape index (κ1) is 19.7. The largest absolute Gasteiger partial charge is 0.444 e. The van der Waals surface area contributed by atoms with Crippen molar-refractivity contribution in [1.29, 1.82) is 0 Å². The monoisotopic (exact) mass is 348 g/mol. The molecule has 0 aromatic heterocycles. The summed E-state index contributed by atoms with van der Waals surface area (Å²) in [6, 6.07) is 1.44. The molecule has 0 aliphatic rings. The number of carbonyl (C=O) groups is 1. The smallest absolute Gasteiger partial charge is 0.416 e. The van der Waals surface area contributed by atoms with Gasteiger partial charge in [0, 0.05) is 11.8 Å². The van der Waals surface area contributed by atoms with Crippen molar-refractivity contribution in [2.24, 2.45) is 0 Å². The first-order valence-corrected chi connectivity index (χ1v) is 7.11. The molecule has 134 valence electrons. The van der Waals surface area contributed by atoms with Gasteiger partial charge in [0.1, 0.15) is 11.6 Å². The molecule has 0 spiro atoms. The Morgan fingerprint density at radius 2 is 1.71 bits per heavy atom. The summed E-state index contributed by atoms with van der Waals surface area (Å²) in [5.41, 5.74) is -1.51. The van der Waals surface area contributed by atoms with E-state index in [4.69, 9.17) is 4.74 Å². The SMILES string of the molecule is C[C@@H]([C@H](NC(=O)OC(C)(C)C)c1ccc(C(F)(F)F)cc1)[N+](=O)[O-]. The van der Waals surface area contributed by atoms with E-state index >= 15 is 0 Å². The average molecular weight is 348 g/mol. The fourth-order valence-corrected chi connectivity index (χ4v) is 1.92. The molecule has 0 bridgehead atoms. The summed E-state index contributed by atoms with van der Waals surface area (Å²) in [5, 5.41) is 13.4. The Labute approximate surface area is 137 Å². The maximum atomic E-state index is 12.6. The van der Waals surface area contributed by atoms with Crippen LogP contribution in [0.25, 0.3) is 0 Å². The number of benzene rings is 1. The number of amides is 1. The van der Waals surface area contributed by atoms with Crippen molar-refractivity contribution in [1.82, 2.24) is 5.32 Å². The van der Waals surface area contributed by atoms with Gasteiger partial charge in [-0.3, -0.25) is 10.1 Å². The second kappa shape index (κ2) is 7.06. The van der Waals surface area contributed by atoms with Crippen LogP contribution in [0, 0.1) is 10.1 Å². The van der Waals surface area contributed by atoms with Crippen LogP contribution in [0.4, 0.5) is 18.0 Å². The first-order valence-electron chi connectivity index (χ1n) is 7.11. The summed E-state index contributed by atoms with van der Waals surface area (Å²) in [5.74, 6) is 0. The van der Waals surface area contributed by atoms with Gasteiger partial charge in [-0.2, -0.15) is 13.2 Å². The highest BCUT2D eigenvalue weighted by atomic mass is 19.4. The van der Waals surface area contributed by atoms with Gasteiger partial charge in [-0.15, -0.1) is 0 Å². The minimum absolute atomic E-state index is 0.179. The Morgan fingerprint density at radius 3 is 2.08 bits per heavy atom. The van der Waals surface area contributed by atoms with E-state index in [9.17, 15) is 28.1 Å². The minimum Gasteiger partial charge on any atom is -0.444 e. The molecule has 1 rings (SSSR count). The number of ether oxygens (including phenoxy) is 1. The molecule has 0 saturated carbocycles. The molecule has 1 amide bonds. The number of carbonyl (C=O) groups excluding carboxylic acids is 1. The van der Waals surface area contributed by atoms with Gasteiger partial charge in [-0.1, -0.05) is 12.1 Å². The summed E-state index contributed by atoms with van der Waals surface area (Å²) in [7, 11) is 0. The standard InChI is InChI=1S/C15H19F3N2O4/c1-9(20(22)23)12(19-13(21)24-14(2,3)4)10-5-7-11(8-6-10)15(16,17)18/h5-9,12H,1-4H3,(H,19,21)/t9-,12-/m0/s1. The van der Waals surface area contributed by atoms with Gasteiger partial charge in [0.2, 0.25) is 6.04 Å². The van der Waals surface area contributed by atoms with E-state index < -0.39 is 40.4 Å². The Kier molecular flexibility index (Phi) is 5.80. The lowest BCUT2D eigenvalue weighted by atomic mass is 9.99. The number of alkyl halides is 3. The second-order valence-electron chi connectivity index (χ2n) is 6.27. The third-order valence-corrected chi connectivity index (χ3v) is 3.08. The van der Waals surface area contributed by atoms with Crippen LogP contribution in [0.2, 0.25) is 0 Å². The quantitative estimate of drug-likeness (QED) is 0.660. The summed E-state index contributed by atoms with van der Waals surface area (Å²) in [6.07, 6.45) is -5.40. The first-order chi connectivity index (χ1) is 10.8. The minimum atomic E-state index is -4.51. The zero-order chi connectivity index (χ0) is 18.7. The topological polar surface area (TPSA) is 81.5 Å². The Hall–Kier alpha value is -2.32. The molecular weight excluding hydrogens is 329 g/mol. The van der Waals surface area contributed by atoms with E-state index in [0.717, 1.165) is 24.3 Å². The third kappa shape index (κ3) is 5.71. The molecule has 0 fully saturated rings. The van der Waals surface area contributed by atoms with Gasteiger partial charge in [0.05, 0.1) is 5.56 Å². The van der Waals surface area contributed by atoms with Crippen molar-refractivity contribution in [3.8, 4) is 0 Å². The Morgan fingerprint density at radius 1 is 1.21 bits per heavy atom. The molecule has 24 heavy (non-hydrogen) atoms. The third-order valence-electron chi connectivity index (χ3n) is 3.08. The summed E-state index contributed by atoms with van der Waals surface area (Å²) in [6.45, 7) is 6.11. The van der Waals surface area contributed by atoms with Crippen LogP contribution < -0.4 is 5.32 Å². The van der Waals surface area contributed by atoms with Crippen LogP contribution in [-0.2, 0) is 10.9 Å². The van der Waals surface area contributed by atoms with Gasteiger partial charge in [0.25, 0.3) is 0 Å². The number of hydrogen-bond acceptors (Lipinski definition) is 4. The predicted molar refractivity (Wildman–Crippen MR) is 80.0 cm³/mol. The number of nitrogens with zero attached hydrogens (tertiary/aromatic N) is 1. The fourth-order valence-electron chi connectivity index (χ4n) is 1.92. The van der Waals surface area contributed by atoms with Gasteiger partial charge in [0.15, 0.2) is 0 Å². The van der Waals surface area contributed by atoms with E-state index in [2.05, 4.69) is 5.32 Å². The van der Waals surface area contributed by atoms with Crippen molar-refractivity contribution >= 4 is 6.09 Å². The van der Waals surface area contributed by atoms with Gasteiger partial charge < -0.3 is 10.1 Å². The van der Waals surface area contributed by atoms with E-state index in [1.807, 2.05) is 0 Å². The maximum absolute atomic E-state index is 12.6. The van der Waals surface area contributed by atoms with E-state index in [0.29, 0.717) is 0 Å². The number of alkyl carbamates (subject to hydrolysis) is 1. The number of nitrogens with one attached hydrogen (secondary N) is 1. The lowest BCUT2D eigenvalue weighted by Gasteiger charge is -2.24. The van der Waals surface area contributed by atoms with Crippen LogP contribution in [0.5, 0.6) is 0 Å².